The first kappa shape index (κ1) is 15.0. The van der Waals surface area contributed by atoms with Crippen molar-refractivity contribution in [3.8, 4) is 5.75 Å². The number of hydrogen-bond donors (Lipinski definition) is 1. The van der Waals surface area contributed by atoms with E-state index in [-0.39, 0.29) is 22.8 Å². The van der Waals surface area contributed by atoms with Crippen LogP contribution in [0.3, 0.4) is 0 Å². The van der Waals surface area contributed by atoms with Crippen molar-refractivity contribution >= 4 is 23.2 Å². The van der Waals surface area contributed by atoms with E-state index in [4.69, 9.17) is 0 Å². The summed E-state index contributed by atoms with van der Waals surface area (Å²) in [5.74, 6) is -1.30. The van der Waals surface area contributed by atoms with E-state index in [9.17, 15) is 24.4 Å². The Bertz CT molecular complexity index is 688. The fraction of sp³-hybridized carbons (Fsp3) is 0.0714. The molecule has 0 aromatic heterocycles. The molecule has 5 nitrogen and oxygen atoms in total. The van der Waals surface area contributed by atoms with Crippen molar-refractivity contribution in [3.05, 3.63) is 64.0 Å². The summed E-state index contributed by atoms with van der Waals surface area (Å²) in [4.78, 5) is 22.6. The Labute approximate surface area is 123 Å². The molecular weight excluding hydrogens is 297 g/mol. The third-order valence-corrected chi connectivity index (χ3v) is 3.69. The number of halogens is 1. The largest absolute Gasteiger partial charge is 0.507 e. The average Bonchev–Trinajstić information content (AvgIpc) is 2.47. The highest BCUT2D eigenvalue weighted by Crippen LogP contribution is 2.25. The van der Waals surface area contributed by atoms with E-state index in [1.807, 2.05) is 0 Å². The van der Waals surface area contributed by atoms with E-state index in [2.05, 4.69) is 0 Å². The summed E-state index contributed by atoms with van der Waals surface area (Å²) in [6, 6.07) is 8.91. The lowest BCUT2D eigenvalue weighted by Crippen LogP contribution is -2.03. The summed E-state index contributed by atoms with van der Waals surface area (Å²) in [7, 11) is 0. The van der Waals surface area contributed by atoms with Gasteiger partial charge < -0.3 is 5.11 Å². The molecule has 108 valence electrons. The third-order valence-electron chi connectivity index (χ3n) is 2.68. The molecule has 0 fully saturated rings. The van der Waals surface area contributed by atoms with Gasteiger partial charge in [-0.2, -0.15) is 0 Å². The molecule has 0 bridgehead atoms. The SMILES string of the molecule is O=C(CSc1ccc([N+](=O)[O-])cc1)c1cc(F)ccc1O. The van der Waals surface area contributed by atoms with E-state index < -0.39 is 16.5 Å². The molecule has 0 aliphatic carbocycles. The van der Waals surface area contributed by atoms with Crippen LogP contribution in [0.15, 0.2) is 47.4 Å². The minimum Gasteiger partial charge on any atom is -0.507 e. The summed E-state index contributed by atoms with van der Waals surface area (Å²) in [6.07, 6.45) is 0. The summed E-state index contributed by atoms with van der Waals surface area (Å²) in [5, 5.41) is 20.0. The van der Waals surface area contributed by atoms with Gasteiger partial charge in [0, 0.05) is 17.0 Å². The number of Topliss-reactive ketones (excluding diaryl/α,β-unsaturated/α-hetero) is 1. The number of ketones is 1. The maximum Gasteiger partial charge on any atom is 0.269 e. The molecule has 2 aromatic carbocycles. The molecule has 0 unspecified atom stereocenters. The molecule has 0 radical (unpaired) electrons. The number of thioether (sulfide) groups is 1. The summed E-state index contributed by atoms with van der Waals surface area (Å²) < 4.78 is 13.1. The molecule has 21 heavy (non-hydrogen) atoms. The smallest absolute Gasteiger partial charge is 0.269 e. The molecule has 0 atom stereocenters. The van der Waals surface area contributed by atoms with Crippen molar-refractivity contribution < 1.29 is 19.2 Å². The van der Waals surface area contributed by atoms with Gasteiger partial charge in [-0.1, -0.05) is 0 Å². The number of nitro groups is 1. The van der Waals surface area contributed by atoms with Crippen molar-refractivity contribution in [1.29, 1.82) is 0 Å². The number of non-ortho nitro benzene ring substituents is 1. The Morgan fingerprint density at radius 3 is 2.52 bits per heavy atom. The van der Waals surface area contributed by atoms with Gasteiger partial charge in [-0.05, 0) is 30.3 Å². The topological polar surface area (TPSA) is 80.4 Å². The molecule has 2 aromatic rings. The van der Waals surface area contributed by atoms with Crippen LogP contribution in [-0.4, -0.2) is 21.6 Å². The quantitative estimate of drug-likeness (QED) is 0.396. The minimum atomic E-state index is -0.600. The number of phenols is 1. The molecule has 0 aliphatic rings. The number of rotatable bonds is 5. The van der Waals surface area contributed by atoms with Crippen molar-refractivity contribution in [3.63, 3.8) is 0 Å². The summed E-state index contributed by atoms with van der Waals surface area (Å²) >= 11 is 1.15. The zero-order valence-corrected chi connectivity index (χ0v) is 11.5. The lowest BCUT2D eigenvalue weighted by atomic mass is 10.1. The molecule has 0 saturated heterocycles. The first-order valence-electron chi connectivity index (χ1n) is 5.86. The monoisotopic (exact) mass is 307 g/mol. The van der Waals surface area contributed by atoms with Gasteiger partial charge in [0.1, 0.15) is 11.6 Å². The van der Waals surface area contributed by atoms with Gasteiger partial charge in [-0.3, -0.25) is 14.9 Å². The van der Waals surface area contributed by atoms with Gasteiger partial charge in [0.25, 0.3) is 5.69 Å². The lowest BCUT2D eigenvalue weighted by molar-refractivity contribution is -0.384. The molecule has 0 amide bonds. The van der Waals surface area contributed by atoms with Gasteiger partial charge in [0.05, 0.1) is 16.2 Å². The first-order valence-corrected chi connectivity index (χ1v) is 6.85. The summed E-state index contributed by atoms with van der Waals surface area (Å²) in [6.45, 7) is 0. The average molecular weight is 307 g/mol. The highest BCUT2D eigenvalue weighted by Gasteiger charge is 2.13. The van der Waals surface area contributed by atoms with Gasteiger partial charge >= 0.3 is 0 Å². The zero-order valence-electron chi connectivity index (χ0n) is 10.7. The highest BCUT2D eigenvalue weighted by molar-refractivity contribution is 8.00. The van der Waals surface area contributed by atoms with E-state index in [1.165, 1.54) is 24.3 Å². The number of carbonyl (C=O) groups excluding carboxylic acids is 1. The number of hydrogen-bond acceptors (Lipinski definition) is 5. The number of phenolic OH excluding ortho intramolecular Hbond substituents is 1. The maximum absolute atomic E-state index is 13.1. The van der Waals surface area contributed by atoms with Crippen LogP contribution in [0.2, 0.25) is 0 Å². The first-order chi connectivity index (χ1) is 9.97. The van der Waals surface area contributed by atoms with E-state index >= 15 is 0 Å². The Hall–Kier alpha value is -2.41. The molecule has 7 heteroatoms. The van der Waals surface area contributed by atoms with E-state index in [0.29, 0.717) is 4.90 Å². The zero-order chi connectivity index (χ0) is 15.4. The number of benzene rings is 2. The van der Waals surface area contributed by atoms with Crippen molar-refractivity contribution in [2.45, 2.75) is 4.90 Å². The molecular formula is C14H10FNO4S. The standard InChI is InChI=1S/C14H10FNO4S/c15-9-1-6-13(17)12(7-9)14(18)8-21-11-4-2-10(3-5-11)16(19)20/h1-7,17H,8H2. The van der Waals surface area contributed by atoms with Crippen LogP contribution in [0.1, 0.15) is 10.4 Å². The Morgan fingerprint density at radius 1 is 1.24 bits per heavy atom. The number of aromatic hydroxyl groups is 1. The van der Waals surface area contributed by atoms with Crippen LogP contribution < -0.4 is 0 Å². The van der Waals surface area contributed by atoms with Crippen LogP contribution in [0.4, 0.5) is 10.1 Å². The fourth-order valence-electron chi connectivity index (χ4n) is 1.62. The van der Waals surface area contributed by atoms with Gasteiger partial charge in [0.2, 0.25) is 0 Å². The number of nitro benzene ring substituents is 1. The second kappa shape index (κ2) is 6.36. The minimum absolute atomic E-state index is 0.00513. The molecule has 0 spiro atoms. The predicted octanol–water partition coefficient (Wildman–Crippen LogP) is 3.41. The van der Waals surface area contributed by atoms with Gasteiger partial charge in [0.15, 0.2) is 5.78 Å². The van der Waals surface area contributed by atoms with E-state index in [1.54, 1.807) is 0 Å². The second-order valence-electron chi connectivity index (χ2n) is 4.12. The molecule has 0 saturated carbocycles. The van der Waals surface area contributed by atoms with E-state index in [0.717, 1.165) is 30.0 Å². The Morgan fingerprint density at radius 2 is 1.90 bits per heavy atom. The maximum atomic E-state index is 13.1. The molecule has 0 heterocycles. The van der Waals surface area contributed by atoms with Crippen molar-refractivity contribution in [2.24, 2.45) is 0 Å². The molecule has 0 aliphatic heterocycles. The number of nitrogens with zero attached hydrogens (tertiary/aromatic N) is 1. The second-order valence-corrected chi connectivity index (χ2v) is 5.17. The van der Waals surface area contributed by atoms with Crippen LogP contribution in [0.5, 0.6) is 5.75 Å². The predicted molar refractivity (Wildman–Crippen MR) is 76.2 cm³/mol. The Balaban J connectivity index is 2.04. The van der Waals surface area contributed by atoms with Crippen LogP contribution in [0, 0.1) is 15.9 Å². The third kappa shape index (κ3) is 3.79. The molecule has 1 N–H and O–H groups in total. The van der Waals surface area contributed by atoms with Crippen LogP contribution in [0.25, 0.3) is 0 Å². The van der Waals surface area contributed by atoms with Crippen molar-refractivity contribution in [1.82, 2.24) is 0 Å². The Kier molecular flexibility index (Phi) is 4.54. The number of carbonyl (C=O) groups is 1. The normalized spacial score (nSPS) is 10.3. The lowest BCUT2D eigenvalue weighted by Gasteiger charge is -2.04. The van der Waals surface area contributed by atoms with Crippen LogP contribution >= 0.6 is 11.8 Å². The highest BCUT2D eigenvalue weighted by atomic mass is 32.2. The fourth-order valence-corrected chi connectivity index (χ4v) is 2.40. The van der Waals surface area contributed by atoms with Gasteiger partial charge in [-0.25, -0.2) is 4.39 Å². The molecule has 2 rings (SSSR count). The van der Waals surface area contributed by atoms with Crippen LogP contribution in [-0.2, 0) is 0 Å². The summed E-state index contributed by atoms with van der Waals surface area (Å²) in [5.41, 5.74) is -0.113. The van der Waals surface area contributed by atoms with Gasteiger partial charge in [-0.15, -0.1) is 11.8 Å². The van der Waals surface area contributed by atoms with Crippen molar-refractivity contribution in [2.75, 3.05) is 5.75 Å².